The molecule has 0 spiro atoms. The lowest BCUT2D eigenvalue weighted by Gasteiger charge is -2.18. The lowest BCUT2D eigenvalue weighted by atomic mass is 9.95. The van der Waals surface area contributed by atoms with E-state index in [1.165, 1.54) is 6.42 Å². The van der Waals surface area contributed by atoms with Gasteiger partial charge in [-0.15, -0.1) is 0 Å². The summed E-state index contributed by atoms with van der Waals surface area (Å²) in [6.07, 6.45) is 1.27. The molecule has 5 heteroatoms. The van der Waals surface area contributed by atoms with Gasteiger partial charge in [-0.1, -0.05) is 26.0 Å². The number of hydrogen-bond acceptors (Lipinski definition) is 4. The van der Waals surface area contributed by atoms with Crippen molar-refractivity contribution < 1.29 is 9.53 Å². The molecule has 2 rings (SSSR count). The number of rotatable bonds is 6. The predicted octanol–water partition coefficient (Wildman–Crippen LogP) is 1.65. The molecule has 0 aliphatic carbocycles. The highest BCUT2D eigenvalue weighted by Gasteiger charge is 2.24. The van der Waals surface area contributed by atoms with Crippen LogP contribution in [-0.4, -0.2) is 37.0 Å². The molecule has 1 saturated heterocycles. The Labute approximate surface area is 126 Å². The molecule has 0 saturated carbocycles. The van der Waals surface area contributed by atoms with Crippen molar-refractivity contribution in [2.45, 2.75) is 20.3 Å². The summed E-state index contributed by atoms with van der Waals surface area (Å²) in [5, 5.41) is 0. The monoisotopic (exact) mass is 291 g/mol. The minimum Gasteiger partial charge on any atom is -0.491 e. The van der Waals surface area contributed by atoms with Crippen molar-refractivity contribution in [2.24, 2.45) is 17.7 Å². The topological polar surface area (TPSA) is 67.6 Å². The molecule has 1 amide bonds. The molecule has 1 atom stereocenters. The average molecular weight is 291 g/mol. The fourth-order valence-corrected chi connectivity index (χ4v) is 2.75. The maximum Gasteiger partial charge on any atom is 0.268 e. The number of para-hydroxylation sites is 1. The standard InChI is InChI=1S/C16H25N3O2/c1-12(2)13-7-8-19(11-13)9-10-21-15-6-4-3-5-14(15)16(20)18-17/h3-6,12-13H,7-11,17H2,1-2H3,(H,18,20). The maximum absolute atomic E-state index is 11.6. The van der Waals surface area contributed by atoms with Gasteiger partial charge in [0.2, 0.25) is 0 Å². The molecule has 1 aromatic carbocycles. The number of carbonyl (C=O) groups is 1. The first-order valence-electron chi connectivity index (χ1n) is 7.57. The Balaban J connectivity index is 1.83. The lowest BCUT2D eigenvalue weighted by Crippen LogP contribution is -2.31. The van der Waals surface area contributed by atoms with E-state index in [0.717, 1.165) is 31.5 Å². The Hall–Kier alpha value is -1.59. The van der Waals surface area contributed by atoms with Gasteiger partial charge in [-0.3, -0.25) is 15.1 Å². The Bertz CT molecular complexity index is 476. The van der Waals surface area contributed by atoms with Crippen LogP contribution in [0.4, 0.5) is 0 Å². The van der Waals surface area contributed by atoms with Crippen LogP contribution >= 0.6 is 0 Å². The summed E-state index contributed by atoms with van der Waals surface area (Å²) in [4.78, 5) is 14.1. The highest BCUT2D eigenvalue weighted by atomic mass is 16.5. The number of nitrogens with one attached hydrogen (secondary N) is 1. The van der Waals surface area contributed by atoms with Gasteiger partial charge in [0.05, 0.1) is 5.56 Å². The first kappa shape index (κ1) is 15.8. The van der Waals surface area contributed by atoms with Gasteiger partial charge in [-0.05, 0) is 36.9 Å². The van der Waals surface area contributed by atoms with Gasteiger partial charge in [-0.2, -0.15) is 0 Å². The van der Waals surface area contributed by atoms with Gasteiger partial charge < -0.3 is 4.74 Å². The molecule has 116 valence electrons. The van der Waals surface area contributed by atoms with Gasteiger partial charge in [0.25, 0.3) is 5.91 Å². The summed E-state index contributed by atoms with van der Waals surface area (Å²) >= 11 is 0. The summed E-state index contributed by atoms with van der Waals surface area (Å²) in [5.41, 5.74) is 2.62. The Morgan fingerprint density at radius 1 is 1.48 bits per heavy atom. The van der Waals surface area contributed by atoms with Crippen LogP contribution in [0.3, 0.4) is 0 Å². The Morgan fingerprint density at radius 3 is 2.90 bits per heavy atom. The summed E-state index contributed by atoms with van der Waals surface area (Å²) in [7, 11) is 0. The minimum atomic E-state index is -0.327. The van der Waals surface area contributed by atoms with Crippen LogP contribution in [0.2, 0.25) is 0 Å². The van der Waals surface area contributed by atoms with E-state index < -0.39 is 0 Å². The van der Waals surface area contributed by atoms with Crippen LogP contribution in [0.15, 0.2) is 24.3 Å². The minimum absolute atomic E-state index is 0.327. The van der Waals surface area contributed by atoms with E-state index in [1.54, 1.807) is 18.2 Å². The number of ether oxygens (including phenoxy) is 1. The second kappa shape index (κ2) is 7.43. The number of nitrogens with zero attached hydrogens (tertiary/aromatic N) is 1. The van der Waals surface area contributed by atoms with Gasteiger partial charge in [0.15, 0.2) is 0 Å². The van der Waals surface area contributed by atoms with Crippen molar-refractivity contribution in [3.05, 3.63) is 29.8 Å². The molecule has 1 unspecified atom stereocenters. The number of nitrogens with two attached hydrogens (primary N) is 1. The number of nitrogen functional groups attached to an aromatic ring is 1. The van der Waals surface area contributed by atoms with Crippen LogP contribution in [-0.2, 0) is 0 Å². The average Bonchev–Trinajstić information content (AvgIpc) is 2.96. The smallest absolute Gasteiger partial charge is 0.268 e. The van der Waals surface area contributed by atoms with Gasteiger partial charge in [-0.25, -0.2) is 5.84 Å². The molecule has 5 nitrogen and oxygen atoms in total. The van der Waals surface area contributed by atoms with E-state index in [4.69, 9.17) is 10.6 Å². The third kappa shape index (κ3) is 4.19. The largest absolute Gasteiger partial charge is 0.491 e. The zero-order valence-corrected chi connectivity index (χ0v) is 12.8. The molecule has 0 aromatic heterocycles. The van der Waals surface area contributed by atoms with Crippen LogP contribution in [0.25, 0.3) is 0 Å². The Morgan fingerprint density at radius 2 is 2.24 bits per heavy atom. The van der Waals surface area contributed by atoms with Crippen LogP contribution in [0.5, 0.6) is 5.75 Å². The van der Waals surface area contributed by atoms with Crippen molar-refractivity contribution in [3.63, 3.8) is 0 Å². The highest BCUT2D eigenvalue weighted by molar-refractivity contribution is 5.96. The molecule has 0 bridgehead atoms. The molecule has 21 heavy (non-hydrogen) atoms. The number of amides is 1. The number of benzene rings is 1. The molecule has 0 radical (unpaired) electrons. The SMILES string of the molecule is CC(C)C1CCN(CCOc2ccccc2C(=O)NN)C1. The molecular formula is C16H25N3O2. The maximum atomic E-state index is 11.6. The molecule has 1 aromatic rings. The van der Waals surface area contributed by atoms with E-state index in [-0.39, 0.29) is 5.91 Å². The zero-order chi connectivity index (χ0) is 15.2. The fourth-order valence-electron chi connectivity index (χ4n) is 2.75. The van der Waals surface area contributed by atoms with Gasteiger partial charge in [0.1, 0.15) is 12.4 Å². The predicted molar refractivity (Wildman–Crippen MR) is 83.0 cm³/mol. The second-order valence-corrected chi connectivity index (χ2v) is 5.91. The lowest BCUT2D eigenvalue weighted by molar-refractivity contribution is 0.0949. The molecular weight excluding hydrogens is 266 g/mol. The molecule has 3 N–H and O–H groups in total. The van der Waals surface area contributed by atoms with Crippen LogP contribution in [0.1, 0.15) is 30.6 Å². The van der Waals surface area contributed by atoms with Crippen molar-refractivity contribution in [3.8, 4) is 5.75 Å². The zero-order valence-electron chi connectivity index (χ0n) is 12.8. The third-order valence-electron chi connectivity index (χ3n) is 4.18. The summed E-state index contributed by atoms with van der Waals surface area (Å²) in [6, 6.07) is 7.16. The number of carbonyl (C=O) groups excluding carboxylic acids is 1. The fraction of sp³-hybridized carbons (Fsp3) is 0.562. The second-order valence-electron chi connectivity index (χ2n) is 5.91. The van der Waals surface area contributed by atoms with Crippen molar-refractivity contribution >= 4 is 5.91 Å². The van der Waals surface area contributed by atoms with E-state index in [1.807, 2.05) is 6.07 Å². The van der Waals surface area contributed by atoms with Gasteiger partial charge in [0, 0.05) is 13.1 Å². The first-order chi connectivity index (χ1) is 10.1. The van der Waals surface area contributed by atoms with E-state index in [0.29, 0.717) is 17.9 Å². The van der Waals surface area contributed by atoms with E-state index >= 15 is 0 Å². The van der Waals surface area contributed by atoms with Crippen molar-refractivity contribution in [1.29, 1.82) is 0 Å². The van der Waals surface area contributed by atoms with Crippen LogP contribution in [0, 0.1) is 11.8 Å². The first-order valence-corrected chi connectivity index (χ1v) is 7.57. The summed E-state index contributed by atoms with van der Waals surface area (Å²) in [6.45, 7) is 8.32. The van der Waals surface area contributed by atoms with E-state index in [2.05, 4.69) is 24.2 Å². The Kier molecular flexibility index (Phi) is 5.59. The third-order valence-corrected chi connectivity index (χ3v) is 4.18. The van der Waals surface area contributed by atoms with E-state index in [9.17, 15) is 4.79 Å². The quantitative estimate of drug-likeness (QED) is 0.475. The number of hydrogen-bond donors (Lipinski definition) is 2. The normalized spacial score (nSPS) is 19.0. The summed E-state index contributed by atoms with van der Waals surface area (Å²) < 4.78 is 5.76. The summed E-state index contributed by atoms with van der Waals surface area (Å²) in [5.74, 6) is 6.97. The number of hydrazine groups is 1. The van der Waals surface area contributed by atoms with Crippen LogP contribution < -0.4 is 16.0 Å². The molecule has 1 aliphatic rings. The molecule has 1 aliphatic heterocycles. The highest BCUT2D eigenvalue weighted by Crippen LogP contribution is 2.23. The van der Waals surface area contributed by atoms with Crippen molar-refractivity contribution in [2.75, 3.05) is 26.2 Å². The van der Waals surface area contributed by atoms with Crippen molar-refractivity contribution in [1.82, 2.24) is 10.3 Å². The molecule has 1 heterocycles. The van der Waals surface area contributed by atoms with Gasteiger partial charge >= 0.3 is 0 Å². The molecule has 1 fully saturated rings. The number of likely N-dealkylation sites (tertiary alicyclic amines) is 1.